The molecule has 2 aromatic rings. The molecule has 0 spiro atoms. The van der Waals surface area contributed by atoms with Gasteiger partial charge in [-0.1, -0.05) is 5.10 Å². The summed E-state index contributed by atoms with van der Waals surface area (Å²) in [6, 6.07) is 0.269. The Morgan fingerprint density at radius 2 is 2.38 bits per heavy atom. The smallest absolute Gasteiger partial charge is 0.333 e. The van der Waals surface area contributed by atoms with Crippen LogP contribution in [-0.2, 0) is 6.61 Å². The van der Waals surface area contributed by atoms with E-state index < -0.39 is 0 Å². The third kappa shape index (κ3) is 1.95. The molecule has 7 nitrogen and oxygen atoms in total. The van der Waals surface area contributed by atoms with Gasteiger partial charge in [-0.15, -0.1) is 0 Å². The topological polar surface area (TPSA) is 89.5 Å². The van der Waals surface area contributed by atoms with Gasteiger partial charge in [0.2, 0.25) is 0 Å². The van der Waals surface area contributed by atoms with Gasteiger partial charge in [0.25, 0.3) is 0 Å². The van der Waals surface area contributed by atoms with Crippen LogP contribution in [0.4, 0.5) is 0 Å². The van der Waals surface area contributed by atoms with Gasteiger partial charge in [0, 0.05) is 12.4 Å². The number of aromatic nitrogens is 6. The van der Waals surface area contributed by atoms with Crippen molar-refractivity contribution in [3.8, 4) is 6.01 Å². The summed E-state index contributed by atoms with van der Waals surface area (Å²) in [5.41, 5.74) is 0.721. The lowest BCUT2D eigenvalue weighted by Crippen LogP contribution is -1.99. The normalized spacial score (nSPS) is 9.85. The molecule has 0 atom stereocenters. The minimum Gasteiger partial charge on any atom is -0.456 e. The van der Waals surface area contributed by atoms with Gasteiger partial charge >= 0.3 is 6.01 Å². The van der Waals surface area contributed by atoms with Crippen molar-refractivity contribution in [2.24, 2.45) is 0 Å². The largest absolute Gasteiger partial charge is 0.456 e. The highest BCUT2D eigenvalue weighted by Gasteiger charge is 1.98. The first-order chi connectivity index (χ1) is 6.45. The number of hydrogen-bond donors (Lipinski definition) is 1. The van der Waals surface area contributed by atoms with Crippen LogP contribution in [0.3, 0.4) is 0 Å². The van der Waals surface area contributed by atoms with Gasteiger partial charge < -0.3 is 4.74 Å². The second-order valence-corrected chi connectivity index (χ2v) is 2.19. The van der Waals surface area contributed by atoms with Crippen molar-refractivity contribution in [1.82, 2.24) is 30.6 Å². The van der Waals surface area contributed by atoms with E-state index in [1.807, 2.05) is 0 Å². The number of rotatable bonds is 3. The summed E-state index contributed by atoms with van der Waals surface area (Å²) in [5, 5.41) is 12.7. The van der Waals surface area contributed by atoms with E-state index in [4.69, 9.17) is 4.74 Å². The van der Waals surface area contributed by atoms with Crippen molar-refractivity contribution in [2.75, 3.05) is 0 Å². The molecule has 0 saturated carbocycles. The van der Waals surface area contributed by atoms with Crippen molar-refractivity contribution < 1.29 is 4.74 Å². The zero-order valence-electron chi connectivity index (χ0n) is 6.58. The van der Waals surface area contributed by atoms with Gasteiger partial charge in [0.1, 0.15) is 6.61 Å². The Morgan fingerprint density at radius 1 is 1.38 bits per heavy atom. The summed E-state index contributed by atoms with van der Waals surface area (Å²) in [7, 11) is 0. The predicted molar refractivity (Wildman–Crippen MR) is 40.5 cm³/mol. The highest BCUT2D eigenvalue weighted by molar-refractivity contribution is 4.94. The summed E-state index contributed by atoms with van der Waals surface area (Å²) in [4.78, 5) is 7.89. The molecule has 0 radical (unpaired) electrons. The maximum absolute atomic E-state index is 5.14. The fraction of sp³-hybridized carbons (Fsp3) is 0.167. The molecule has 66 valence electrons. The number of ether oxygens (including phenoxy) is 1. The fourth-order valence-electron chi connectivity index (χ4n) is 0.758. The summed E-state index contributed by atoms with van der Waals surface area (Å²) < 4.78 is 5.14. The van der Waals surface area contributed by atoms with Gasteiger partial charge in [-0.25, -0.2) is 5.10 Å². The molecule has 0 saturated heterocycles. The molecule has 0 aromatic carbocycles. The average Bonchev–Trinajstić information content (AvgIpc) is 2.69. The van der Waals surface area contributed by atoms with E-state index in [1.54, 1.807) is 18.6 Å². The third-order valence-corrected chi connectivity index (χ3v) is 1.30. The number of nitrogens with one attached hydrogen (secondary N) is 1. The van der Waals surface area contributed by atoms with Crippen LogP contribution < -0.4 is 4.74 Å². The Hall–Kier alpha value is -2.05. The maximum atomic E-state index is 5.14. The van der Waals surface area contributed by atoms with Gasteiger partial charge in [-0.05, 0) is 10.4 Å². The summed E-state index contributed by atoms with van der Waals surface area (Å²) in [5.74, 6) is 0. The number of tetrazole rings is 1. The van der Waals surface area contributed by atoms with E-state index in [2.05, 4.69) is 30.6 Å². The van der Waals surface area contributed by atoms with E-state index in [0.29, 0.717) is 6.61 Å². The van der Waals surface area contributed by atoms with Gasteiger partial charge in [0.15, 0.2) is 0 Å². The number of H-pyrrole nitrogens is 1. The molecular weight excluding hydrogens is 172 g/mol. The van der Waals surface area contributed by atoms with Gasteiger partial charge in [-0.3, -0.25) is 9.97 Å². The first-order valence-electron chi connectivity index (χ1n) is 3.56. The van der Waals surface area contributed by atoms with E-state index in [0.717, 1.165) is 5.69 Å². The number of aromatic amines is 1. The Balaban J connectivity index is 1.94. The van der Waals surface area contributed by atoms with E-state index >= 15 is 0 Å². The quantitative estimate of drug-likeness (QED) is 0.685. The number of hydrogen-bond acceptors (Lipinski definition) is 6. The minimum atomic E-state index is 0.269. The monoisotopic (exact) mass is 178 g/mol. The molecule has 2 aromatic heterocycles. The molecule has 0 bridgehead atoms. The lowest BCUT2D eigenvalue weighted by molar-refractivity contribution is 0.276. The Kier molecular flexibility index (Phi) is 2.08. The van der Waals surface area contributed by atoms with E-state index in [-0.39, 0.29) is 6.01 Å². The second kappa shape index (κ2) is 3.57. The van der Waals surface area contributed by atoms with Crippen LogP contribution in [0.5, 0.6) is 6.01 Å². The zero-order valence-corrected chi connectivity index (χ0v) is 6.58. The minimum absolute atomic E-state index is 0.269. The van der Waals surface area contributed by atoms with Crippen molar-refractivity contribution in [1.29, 1.82) is 0 Å². The Morgan fingerprint density at radius 3 is 3.08 bits per heavy atom. The van der Waals surface area contributed by atoms with Gasteiger partial charge in [-0.2, -0.15) is 0 Å². The Labute approximate surface area is 73.2 Å². The van der Waals surface area contributed by atoms with Crippen LogP contribution in [0.1, 0.15) is 5.69 Å². The van der Waals surface area contributed by atoms with Gasteiger partial charge in [0.05, 0.1) is 11.9 Å². The fourth-order valence-corrected chi connectivity index (χ4v) is 0.758. The van der Waals surface area contributed by atoms with Crippen molar-refractivity contribution in [3.05, 3.63) is 24.3 Å². The lowest BCUT2D eigenvalue weighted by Gasteiger charge is -1.98. The van der Waals surface area contributed by atoms with Crippen LogP contribution in [-0.4, -0.2) is 30.6 Å². The van der Waals surface area contributed by atoms with Crippen LogP contribution in [0.15, 0.2) is 18.6 Å². The highest BCUT2D eigenvalue weighted by atomic mass is 16.5. The zero-order chi connectivity index (χ0) is 8.93. The van der Waals surface area contributed by atoms with Crippen LogP contribution in [0, 0.1) is 0 Å². The molecule has 0 fully saturated rings. The van der Waals surface area contributed by atoms with Crippen molar-refractivity contribution in [3.63, 3.8) is 0 Å². The Bertz CT molecular complexity index is 347. The van der Waals surface area contributed by atoms with Crippen LogP contribution in [0.25, 0.3) is 0 Å². The second-order valence-electron chi connectivity index (χ2n) is 2.19. The standard InChI is InChI=1S/C6H6N6O/c1-2-8-5(3-7-1)4-13-6-9-11-12-10-6/h1-3H,4H2,(H,9,10,11,12). The highest BCUT2D eigenvalue weighted by Crippen LogP contribution is 1.99. The summed E-state index contributed by atoms with van der Waals surface area (Å²) in [6.07, 6.45) is 4.81. The van der Waals surface area contributed by atoms with E-state index in [9.17, 15) is 0 Å². The maximum Gasteiger partial charge on any atom is 0.333 e. The molecule has 0 aliphatic rings. The first kappa shape index (κ1) is 7.59. The molecule has 2 rings (SSSR count). The lowest BCUT2D eigenvalue weighted by atomic mass is 10.5. The van der Waals surface area contributed by atoms with Crippen LogP contribution >= 0.6 is 0 Å². The average molecular weight is 178 g/mol. The first-order valence-corrected chi connectivity index (χ1v) is 3.56. The SMILES string of the molecule is c1cnc(COc2nnn[nH]2)cn1. The van der Waals surface area contributed by atoms with Crippen LogP contribution in [0.2, 0.25) is 0 Å². The summed E-state index contributed by atoms with van der Waals surface area (Å²) >= 11 is 0. The molecule has 0 amide bonds. The molecule has 0 unspecified atom stereocenters. The summed E-state index contributed by atoms with van der Waals surface area (Å²) in [6.45, 7) is 0.296. The molecule has 0 aliphatic carbocycles. The van der Waals surface area contributed by atoms with Crippen molar-refractivity contribution >= 4 is 0 Å². The molecule has 0 aliphatic heterocycles. The van der Waals surface area contributed by atoms with E-state index in [1.165, 1.54) is 0 Å². The third-order valence-electron chi connectivity index (χ3n) is 1.30. The number of nitrogens with zero attached hydrogens (tertiary/aromatic N) is 5. The molecule has 7 heteroatoms. The molecule has 1 N–H and O–H groups in total. The molecular formula is C6H6N6O. The molecule has 2 heterocycles. The van der Waals surface area contributed by atoms with Crippen molar-refractivity contribution in [2.45, 2.75) is 6.61 Å². The molecule has 13 heavy (non-hydrogen) atoms. The predicted octanol–water partition coefficient (Wildman–Crippen LogP) is -0.431.